The van der Waals surface area contributed by atoms with E-state index < -0.39 is 0 Å². The third-order valence-electron chi connectivity index (χ3n) is 6.10. The molecule has 1 amide bonds. The molecule has 1 atom stereocenters. The van der Waals surface area contributed by atoms with Gasteiger partial charge < -0.3 is 19.9 Å². The lowest BCUT2D eigenvalue weighted by Gasteiger charge is -2.38. The molecule has 1 unspecified atom stereocenters. The lowest BCUT2D eigenvalue weighted by atomic mass is 9.98. The Hall–Kier alpha value is -3.45. The molecule has 32 heavy (non-hydrogen) atoms. The fraction of sp³-hybridized carbons (Fsp3) is 0.320. The first-order valence-electron chi connectivity index (χ1n) is 11.1. The van der Waals surface area contributed by atoms with Crippen molar-refractivity contribution in [3.8, 4) is 0 Å². The Morgan fingerprint density at radius 3 is 2.75 bits per heavy atom. The molecule has 0 saturated carbocycles. The van der Waals surface area contributed by atoms with E-state index in [4.69, 9.17) is 10.5 Å². The van der Waals surface area contributed by atoms with Crippen molar-refractivity contribution >= 4 is 22.8 Å². The molecule has 3 heterocycles. The SMILES string of the molecule is NC(=O)Cc1ccc(Cn2ccc3c(N4CCOCC4C4=CCCC=C4)ncnc32)cc1. The zero-order chi connectivity index (χ0) is 21.9. The van der Waals surface area contributed by atoms with Crippen molar-refractivity contribution < 1.29 is 9.53 Å². The maximum atomic E-state index is 11.1. The maximum absolute atomic E-state index is 11.1. The number of amides is 1. The number of carbonyl (C=O) groups excluding carboxylic acids is 1. The summed E-state index contributed by atoms with van der Waals surface area (Å²) in [5, 5.41) is 1.05. The molecule has 3 aromatic rings. The molecule has 7 heteroatoms. The van der Waals surface area contributed by atoms with Crippen LogP contribution in [0.25, 0.3) is 11.0 Å². The van der Waals surface area contributed by atoms with Gasteiger partial charge in [0.1, 0.15) is 17.8 Å². The molecule has 2 aliphatic rings. The number of allylic oxidation sites excluding steroid dienone is 2. The first-order chi connectivity index (χ1) is 15.7. The fourth-order valence-electron chi connectivity index (χ4n) is 4.52. The number of anilines is 1. The normalized spacial score (nSPS) is 18.7. The number of ether oxygens (including phenoxy) is 1. The zero-order valence-corrected chi connectivity index (χ0v) is 18.0. The van der Waals surface area contributed by atoms with Gasteiger partial charge in [-0.3, -0.25) is 4.79 Å². The van der Waals surface area contributed by atoms with E-state index in [1.807, 2.05) is 24.3 Å². The summed E-state index contributed by atoms with van der Waals surface area (Å²) in [4.78, 5) is 22.8. The lowest BCUT2D eigenvalue weighted by molar-refractivity contribution is -0.117. The minimum absolute atomic E-state index is 0.166. The van der Waals surface area contributed by atoms with E-state index in [2.05, 4.69) is 49.9 Å². The van der Waals surface area contributed by atoms with Gasteiger partial charge in [0.25, 0.3) is 0 Å². The first kappa shape index (κ1) is 20.5. The second-order valence-corrected chi connectivity index (χ2v) is 8.31. The van der Waals surface area contributed by atoms with Gasteiger partial charge in [-0.25, -0.2) is 9.97 Å². The first-order valence-corrected chi connectivity index (χ1v) is 11.1. The number of rotatable bonds is 6. The molecule has 0 bridgehead atoms. The molecule has 1 aromatic carbocycles. The van der Waals surface area contributed by atoms with E-state index in [-0.39, 0.29) is 18.4 Å². The lowest BCUT2D eigenvalue weighted by Crippen LogP contribution is -2.47. The number of benzene rings is 1. The van der Waals surface area contributed by atoms with Gasteiger partial charge in [-0.2, -0.15) is 0 Å². The summed E-state index contributed by atoms with van der Waals surface area (Å²) in [6.45, 7) is 2.85. The quantitative estimate of drug-likeness (QED) is 0.651. The Bertz CT molecular complexity index is 1180. The van der Waals surface area contributed by atoms with Gasteiger partial charge in [0, 0.05) is 19.3 Å². The largest absolute Gasteiger partial charge is 0.377 e. The summed E-state index contributed by atoms with van der Waals surface area (Å²) >= 11 is 0. The highest BCUT2D eigenvalue weighted by Crippen LogP contribution is 2.30. The van der Waals surface area contributed by atoms with Crippen LogP contribution in [0.4, 0.5) is 5.82 Å². The van der Waals surface area contributed by atoms with Crippen molar-refractivity contribution in [2.24, 2.45) is 5.73 Å². The number of nitrogens with zero attached hydrogens (tertiary/aromatic N) is 4. The number of morpholine rings is 1. The van der Waals surface area contributed by atoms with Gasteiger partial charge in [0.05, 0.1) is 31.1 Å². The van der Waals surface area contributed by atoms with E-state index >= 15 is 0 Å². The topological polar surface area (TPSA) is 86.3 Å². The molecule has 1 fully saturated rings. The van der Waals surface area contributed by atoms with Gasteiger partial charge >= 0.3 is 0 Å². The smallest absolute Gasteiger partial charge is 0.221 e. The summed E-state index contributed by atoms with van der Waals surface area (Å²) in [7, 11) is 0. The van der Waals surface area contributed by atoms with Crippen LogP contribution in [-0.2, 0) is 22.5 Å². The van der Waals surface area contributed by atoms with Gasteiger partial charge in [-0.15, -0.1) is 0 Å². The van der Waals surface area contributed by atoms with Crippen LogP contribution in [0.1, 0.15) is 24.0 Å². The molecular formula is C25H27N5O2. The molecule has 1 saturated heterocycles. The van der Waals surface area contributed by atoms with Crippen molar-refractivity contribution in [1.82, 2.24) is 14.5 Å². The average molecular weight is 430 g/mol. The van der Waals surface area contributed by atoms with Crippen molar-refractivity contribution in [3.05, 3.63) is 77.8 Å². The Morgan fingerprint density at radius 2 is 1.97 bits per heavy atom. The van der Waals surface area contributed by atoms with Crippen LogP contribution in [0.3, 0.4) is 0 Å². The third kappa shape index (κ3) is 4.16. The van der Waals surface area contributed by atoms with E-state index in [9.17, 15) is 4.79 Å². The molecule has 164 valence electrons. The number of primary amides is 1. The Morgan fingerprint density at radius 1 is 1.12 bits per heavy atom. The standard InChI is InChI=1S/C25H27N5O2/c26-23(31)14-18-6-8-19(9-7-18)15-29-11-10-21-24(29)27-17-28-25(21)30-12-13-32-16-22(30)20-4-2-1-3-5-20/h2,4-11,17,22H,1,3,12-16H2,(H2,26,31). The van der Waals surface area contributed by atoms with Gasteiger partial charge in [0.15, 0.2) is 0 Å². The molecule has 5 rings (SSSR count). The van der Waals surface area contributed by atoms with Gasteiger partial charge in [-0.05, 0) is 35.6 Å². The predicted molar refractivity (Wildman–Crippen MR) is 124 cm³/mol. The zero-order valence-electron chi connectivity index (χ0n) is 18.0. The molecular weight excluding hydrogens is 402 g/mol. The van der Waals surface area contributed by atoms with Crippen LogP contribution in [-0.4, -0.2) is 46.2 Å². The third-order valence-corrected chi connectivity index (χ3v) is 6.10. The fourth-order valence-corrected chi connectivity index (χ4v) is 4.52. The Balaban J connectivity index is 1.43. The summed E-state index contributed by atoms with van der Waals surface area (Å²) in [6.07, 6.45) is 12.9. The van der Waals surface area contributed by atoms with Crippen LogP contribution in [0.2, 0.25) is 0 Å². The van der Waals surface area contributed by atoms with Crippen molar-refractivity contribution in [2.75, 3.05) is 24.7 Å². The number of nitrogens with two attached hydrogens (primary N) is 1. The van der Waals surface area contributed by atoms with Crippen LogP contribution in [0.15, 0.2) is 66.7 Å². The van der Waals surface area contributed by atoms with Crippen LogP contribution >= 0.6 is 0 Å². The van der Waals surface area contributed by atoms with Crippen LogP contribution in [0, 0.1) is 0 Å². The molecule has 0 radical (unpaired) electrons. The number of hydrogen-bond donors (Lipinski definition) is 1. The van der Waals surface area contributed by atoms with Crippen LogP contribution < -0.4 is 10.6 Å². The van der Waals surface area contributed by atoms with Crippen LogP contribution in [0.5, 0.6) is 0 Å². The average Bonchev–Trinajstić information content (AvgIpc) is 3.23. The monoisotopic (exact) mass is 429 g/mol. The molecule has 2 N–H and O–H groups in total. The van der Waals surface area contributed by atoms with Gasteiger partial charge in [-0.1, -0.05) is 42.5 Å². The summed E-state index contributed by atoms with van der Waals surface area (Å²) in [5.41, 5.74) is 9.57. The number of aromatic nitrogens is 3. The minimum atomic E-state index is -0.320. The van der Waals surface area contributed by atoms with E-state index in [1.54, 1.807) is 6.33 Å². The highest BCUT2D eigenvalue weighted by molar-refractivity contribution is 5.88. The summed E-state index contributed by atoms with van der Waals surface area (Å²) < 4.78 is 7.96. The molecule has 2 aromatic heterocycles. The molecule has 0 spiro atoms. The predicted octanol–water partition coefficient (Wildman–Crippen LogP) is 2.99. The van der Waals surface area contributed by atoms with E-state index in [0.717, 1.165) is 47.4 Å². The number of fused-ring (bicyclic) bond motifs is 1. The summed E-state index contributed by atoms with van der Waals surface area (Å²) in [5.74, 6) is 0.637. The van der Waals surface area contributed by atoms with E-state index in [0.29, 0.717) is 19.8 Å². The number of hydrogen-bond acceptors (Lipinski definition) is 5. The highest BCUT2D eigenvalue weighted by atomic mass is 16.5. The molecule has 1 aliphatic heterocycles. The maximum Gasteiger partial charge on any atom is 0.221 e. The number of carbonyl (C=O) groups is 1. The second-order valence-electron chi connectivity index (χ2n) is 8.31. The highest BCUT2D eigenvalue weighted by Gasteiger charge is 2.28. The van der Waals surface area contributed by atoms with E-state index in [1.165, 1.54) is 5.57 Å². The molecule has 1 aliphatic carbocycles. The molecule has 7 nitrogen and oxygen atoms in total. The summed E-state index contributed by atoms with van der Waals surface area (Å²) in [6, 6.07) is 10.2. The Labute approximate surface area is 187 Å². The van der Waals surface area contributed by atoms with Crippen molar-refractivity contribution in [2.45, 2.75) is 31.8 Å². The second kappa shape index (κ2) is 8.96. The van der Waals surface area contributed by atoms with Gasteiger partial charge in [0.2, 0.25) is 5.91 Å². The Kier molecular flexibility index (Phi) is 5.73. The minimum Gasteiger partial charge on any atom is -0.377 e. The van der Waals surface area contributed by atoms with Crippen molar-refractivity contribution in [3.63, 3.8) is 0 Å². The van der Waals surface area contributed by atoms with Crippen molar-refractivity contribution in [1.29, 1.82) is 0 Å².